The van der Waals surface area contributed by atoms with Gasteiger partial charge in [-0.1, -0.05) is 0 Å². The molecule has 2 aromatic heterocycles. The van der Waals surface area contributed by atoms with E-state index in [0.717, 1.165) is 31.8 Å². The van der Waals surface area contributed by atoms with Crippen LogP contribution in [0.1, 0.15) is 22.7 Å². The Balaban J connectivity index is 1.93. The number of fused-ring (bicyclic) bond motifs is 1. The molecule has 1 aliphatic heterocycles. The Bertz CT molecular complexity index is 485. The van der Waals surface area contributed by atoms with Crippen molar-refractivity contribution in [3.8, 4) is 0 Å². The van der Waals surface area contributed by atoms with Crippen LogP contribution < -0.4 is 5.32 Å². The summed E-state index contributed by atoms with van der Waals surface area (Å²) in [5, 5.41) is 7.96. The molecule has 16 heavy (non-hydrogen) atoms. The smallest absolute Gasteiger partial charge is 0.125 e. The van der Waals surface area contributed by atoms with E-state index in [0.29, 0.717) is 0 Å². The lowest BCUT2D eigenvalue weighted by atomic mass is 10.1. The van der Waals surface area contributed by atoms with E-state index in [4.69, 9.17) is 4.42 Å². The second-order valence-corrected chi connectivity index (χ2v) is 4.17. The lowest BCUT2D eigenvalue weighted by Gasteiger charge is -2.10. The molecule has 0 amide bonds. The van der Waals surface area contributed by atoms with Crippen molar-refractivity contribution >= 4 is 0 Å². The minimum absolute atomic E-state index is 0.728. The van der Waals surface area contributed by atoms with Crippen molar-refractivity contribution < 1.29 is 4.42 Å². The molecule has 0 fully saturated rings. The minimum atomic E-state index is 0.728. The van der Waals surface area contributed by atoms with Crippen molar-refractivity contribution in [3.05, 3.63) is 41.1 Å². The zero-order chi connectivity index (χ0) is 11.0. The molecule has 3 heterocycles. The Morgan fingerprint density at radius 1 is 1.56 bits per heavy atom. The highest BCUT2D eigenvalue weighted by molar-refractivity contribution is 5.28. The van der Waals surface area contributed by atoms with Gasteiger partial charge in [-0.15, -0.1) is 0 Å². The molecule has 4 nitrogen and oxygen atoms in total. The fraction of sp³-hybridized carbons (Fsp3) is 0.417. The molecular weight excluding hydrogens is 202 g/mol. The normalized spacial score (nSPS) is 15.1. The monoisotopic (exact) mass is 217 g/mol. The molecule has 0 unspecified atom stereocenters. The largest absolute Gasteiger partial charge is 0.467 e. The van der Waals surface area contributed by atoms with Gasteiger partial charge in [0.2, 0.25) is 0 Å². The highest BCUT2D eigenvalue weighted by atomic mass is 16.3. The first kappa shape index (κ1) is 9.66. The van der Waals surface area contributed by atoms with E-state index >= 15 is 0 Å². The predicted molar refractivity (Wildman–Crippen MR) is 60.2 cm³/mol. The Hall–Kier alpha value is -1.55. The number of nitrogens with one attached hydrogen (secondary N) is 1. The maximum atomic E-state index is 5.35. The van der Waals surface area contributed by atoms with Gasteiger partial charge >= 0.3 is 0 Å². The first-order valence-corrected chi connectivity index (χ1v) is 5.63. The molecule has 0 aromatic carbocycles. The summed E-state index contributed by atoms with van der Waals surface area (Å²) in [6.45, 7) is 4.81. The van der Waals surface area contributed by atoms with Gasteiger partial charge in [-0.05, 0) is 37.6 Å². The van der Waals surface area contributed by atoms with E-state index < -0.39 is 0 Å². The van der Waals surface area contributed by atoms with Gasteiger partial charge in [0.1, 0.15) is 5.76 Å². The number of aromatic nitrogens is 2. The highest BCUT2D eigenvalue weighted by Gasteiger charge is 2.17. The Morgan fingerprint density at radius 3 is 3.25 bits per heavy atom. The summed E-state index contributed by atoms with van der Waals surface area (Å²) < 4.78 is 7.39. The third-order valence-corrected chi connectivity index (χ3v) is 3.14. The van der Waals surface area contributed by atoms with Crippen molar-refractivity contribution in [3.63, 3.8) is 0 Å². The maximum absolute atomic E-state index is 5.35. The second-order valence-electron chi connectivity index (χ2n) is 4.17. The fourth-order valence-electron chi connectivity index (χ4n) is 2.24. The summed E-state index contributed by atoms with van der Waals surface area (Å²) in [6, 6.07) is 3.90. The van der Waals surface area contributed by atoms with E-state index in [-0.39, 0.29) is 0 Å². The van der Waals surface area contributed by atoms with Crippen LogP contribution >= 0.6 is 0 Å². The first-order valence-electron chi connectivity index (χ1n) is 5.63. The van der Waals surface area contributed by atoms with Crippen LogP contribution in [0.25, 0.3) is 0 Å². The molecular formula is C12H15N3O. The molecule has 0 bridgehead atoms. The van der Waals surface area contributed by atoms with Crippen LogP contribution in [0.5, 0.6) is 0 Å². The van der Waals surface area contributed by atoms with Gasteiger partial charge in [0.15, 0.2) is 0 Å². The van der Waals surface area contributed by atoms with E-state index in [9.17, 15) is 0 Å². The van der Waals surface area contributed by atoms with Crippen molar-refractivity contribution in [2.75, 3.05) is 6.54 Å². The SMILES string of the molecule is Cc1c2c(nn1Cc1ccco1)CNCC2. The number of hydrogen-bond acceptors (Lipinski definition) is 3. The van der Waals surface area contributed by atoms with Gasteiger partial charge in [0.05, 0.1) is 18.5 Å². The van der Waals surface area contributed by atoms with Gasteiger partial charge < -0.3 is 9.73 Å². The van der Waals surface area contributed by atoms with Crippen LogP contribution in [-0.4, -0.2) is 16.3 Å². The Morgan fingerprint density at radius 2 is 2.50 bits per heavy atom. The third-order valence-electron chi connectivity index (χ3n) is 3.14. The van der Waals surface area contributed by atoms with Crippen LogP contribution in [0.15, 0.2) is 22.8 Å². The quantitative estimate of drug-likeness (QED) is 0.828. The lowest BCUT2D eigenvalue weighted by Crippen LogP contribution is -2.23. The van der Waals surface area contributed by atoms with Gasteiger partial charge in [-0.25, -0.2) is 0 Å². The van der Waals surface area contributed by atoms with Crippen LogP contribution in [-0.2, 0) is 19.5 Å². The molecule has 4 heteroatoms. The molecule has 0 aliphatic carbocycles. The lowest BCUT2D eigenvalue weighted by molar-refractivity contribution is 0.474. The molecule has 0 saturated carbocycles. The molecule has 0 spiro atoms. The fourth-order valence-corrected chi connectivity index (χ4v) is 2.24. The molecule has 0 radical (unpaired) electrons. The molecule has 3 rings (SSSR count). The van der Waals surface area contributed by atoms with Crippen molar-refractivity contribution in [1.82, 2.24) is 15.1 Å². The zero-order valence-electron chi connectivity index (χ0n) is 9.36. The standard InChI is InChI=1S/C12H15N3O/c1-9-11-4-5-13-7-12(11)14-15(9)8-10-3-2-6-16-10/h2-3,6,13H,4-5,7-8H2,1H3. The summed E-state index contributed by atoms with van der Waals surface area (Å²) in [5.74, 6) is 0.955. The molecule has 1 N–H and O–H groups in total. The topological polar surface area (TPSA) is 43.0 Å². The van der Waals surface area contributed by atoms with Crippen LogP contribution in [0.4, 0.5) is 0 Å². The summed E-state index contributed by atoms with van der Waals surface area (Å²) in [5.41, 5.74) is 3.87. The van der Waals surface area contributed by atoms with Gasteiger partial charge in [-0.2, -0.15) is 5.10 Å². The van der Waals surface area contributed by atoms with Gasteiger partial charge in [0, 0.05) is 12.2 Å². The Labute approximate surface area is 94.3 Å². The molecule has 0 saturated heterocycles. The molecule has 2 aromatic rings. The predicted octanol–water partition coefficient (Wildman–Crippen LogP) is 1.48. The molecule has 1 aliphatic rings. The van der Waals surface area contributed by atoms with Crippen molar-refractivity contribution in [2.24, 2.45) is 0 Å². The first-order chi connectivity index (χ1) is 7.84. The van der Waals surface area contributed by atoms with E-state index in [1.807, 2.05) is 16.8 Å². The van der Waals surface area contributed by atoms with E-state index in [1.54, 1.807) is 6.26 Å². The van der Waals surface area contributed by atoms with Crippen LogP contribution in [0.3, 0.4) is 0 Å². The number of hydrogen-bond donors (Lipinski definition) is 1. The summed E-state index contributed by atoms with van der Waals surface area (Å²) in [6.07, 6.45) is 2.79. The van der Waals surface area contributed by atoms with Crippen molar-refractivity contribution in [1.29, 1.82) is 0 Å². The average Bonchev–Trinajstić information content (AvgIpc) is 2.90. The molecule has 84 valence electrons. The Kier molecular flexibility index (Phi) is 2.29. The summed E-state index contributed by atoms with van der Waals surface area (Å²) in [7, 11) is 0. The summed E-state index contributed by atoms with van der Waals surface area (Å²) >= 11 is 0. The number of rotatable bonds is 2. The van der Waals surface area contributed by atoms with Gasteiger partial charge in [-0.3, -0.25) is 4.68 Å². The van der Waals surface area contributed by atoms with Crippen LogP contribution in [0.2, 0.25) is 0 Å². The molecule has 0 atom stereocenters. The highest BCUT2D eigenvalue weighted by Crippen LogP contribution is 2.18. The number of furan rings is 1. The second kappa shape index (κ2) is 3.79. The maximum Gasteiger partial charge on any atom is 0.125 e. The van der Waals surface area contributed by atoms with Gasteiger partial charge in [0.25, 0.3) is 0 Å². The van der Waals surface area contributed by atoms with Crippen LogP contribution in [0, 0.1) is 6.92 Å². The number of nitrogens with zero attached hydrogens (tertiary/aromatic N) is 2. The minimum Gasteiger partial charge on any atom is -0.467 e. The van der Waals surface area contributed by atoms with E-state index in [2.05, 4.69) is 17.3 Å². The zero-order valence-corrected chi connectivity index (χ0v) is 9.36. The average molecular weight is 217 g/mol. The van der Waals surface area contributed by atoms with E-state index in [1.165, 1.54) is 17.0 Å². The third kappa shape index (κ3) is 1.55. The van der Waals surface area contributed by atoms with Crippen molar-refractivity contribution in [2.45, 2.75) is 26.4 Å². The summed E-state index contributed by atoms with van der Waals surface area (Å²) in [4.78, 5) is 0.